The first-order chi connectivity index (χ1) is 15.6. The molecule has 2 N–H and O–H groups in total. The van der Waals surface area contributed by atoms with E-state index in [1.165, 1.54) is 5.56 Å². The number of nitrogens with zero attached hydrogens (tertiary/aromatic N) is 2. The molecule has 0 spiro atoms. The van der Waals surface area contributed by atoms with Crippen molar-refractivity contribution in [2.45, 2.75) is 45.3 Å². The van der Waals surface area contributed by atoms with E-state index in [9.17, 15) is 14.7 Å². The fraction of sp³-hybridized carbons (Fsp3) is 0.462. The van der Waals surface area contributed by atoms with E-state index < -0.39 is 0 Å². The predicted molar refractivity (Wildman–Crippen MR) is 126 cm³/mol. The molecule has 1 aromatic heterocycles. The van der Waals surface area contributed by atoms with E-state index in [0.29, 0.717) is 18.7 Å². The van der Waals surface area contributed by atoms with E-state index in [2.05, 4.69) is 29.3 Å². The van der Waals surface area contributed by atoms with E-state index in [4.69, 9.17) is 0 Å². The zero-order valence-corrected chi connectivity index (χ0v) is 18.9. The van der Waals surface area contributed by atoms with Crippen LogP contribution in [0.4, 0.5) is 0 Å². The first-order valence-corrected chi connectivity index (χ1v) is 11.6. The van der Waals surface area contributed by atoms with Gasteiger partial charge in [0.1, 0.15) is 0 Å². The van der Waals surface area contributed by atoms with Gasteiger partial charge in [0.05, 0.1) is 12.1 Å². The normalized spacial score (nSPS) is 24.6. The highest BCUT2D eigenvalue weighted by Crippen LogP contribution is 2.49. The zero-order chi connectivity index (χ0) is 22.7. The maximum absolute atomic E-state index is 13.3. The lowest BCUT2D eigenvalue weighted by Gasteiger charge is -2.30. The van der Waals surface area contributed by atoms with E-state index in [1.807, 2.05) is 54.0 Å². The molecule has 1 saturated heterocycles. The van der Waals surface area contributed by atoms with Crippen LogP contribution in [0.1, 0.15) is 43.1 Å². The fourth-order valence-electron chi connectivity index (χ4n) is 5.53. The van der Waals surface area contributed by atoms with Crippen molar-refractivity contribution in [3.05, 3.63) is 75.7 Å². The number of hydrogen-bond donors (Lipinski definition) is 2. The van der Waals surface area contributed by atoms with Gasteiger partial charge in [0.25, 0.3) is 5.56 Å². The first-order valence-electron chi connectivity index (χ1n) is 11.6. The van der Waals surface area contributed by atoms with Crippen molar-refractivity contribution < 1.29 is 9.90 Å². The summed E-state index contributed by atoms with van der Waals surface area (Å²) < 4.78 is 1.85. The quantitative estimate of drug-likeness (QED) is 0.669. The van der Waals surface area contributed by atoms with Gasteiger partial charge in [-0.15, -0.1) is 0 Å². The highest BCUT2D eigenvalue weighted by atomic mass is 16.3. The highest BCUT2D eigenvalue weighted by molar-refractivity contribution is 5.82. The van der Waals surface area contributed by atoms with E-state index in [0.717, 1.165) is 25.1 Å². The van der Waals surface area contributed by atoms with Crippen LogP contribution in [0.5, 0.6) is 0 Å². The van der Waals surface area contributed by atoms with Crippen LogP contribution >= 0.6 is 0 Å². The number of rotatable bonds is 8. The maximum Gasteiger partial charge on any atom is 0.258 e. The Bertz CT molecular complexity index is 1030. The summed E-state index contributed by atoms with van der Waals surface area (Å²) in [5.41, 5.74) is 2.83. The van der Waals surface area contributed by atoms with E-state index in [1.54, 1.807) is 0 Å². The third-order valence-corrected chi connectivity index (χ3v) is 6.87. The predicted octanol–water partition coefficient (Wildman–Crippen LogP) is 2.61. The van der Waals surface area contributed by atoms with E-state index in [-0.39, 0.29) is 42.0 Å². The van der Waals surface area contributed by atoms with Crippen LogP contribution in [0.3, 0.4) is 0 Å². The van der Waals surface area contributed by atoms with Crippen molar-refractivity contribution in [3.8, 4) is 0 Å². The standard InChI is InChI=1S/C26H33N3O3/c1-3-8-19-11-12-22-23-20(16-29(22)26(19)32)21(17-30)24(28(23)15-4-2)25(31)27-14-13-18-9-6-5-7-10-18/h3,5-12,20-21,23-24,30H,4,13-17H2,1-2H3,(H,27,31)/b8-3+/t20-,21-,23+,24-/m1/s1. The number of allylic oxidation sites excluding steroid dienone is 1. The average molecular weight is 436 g/mol. The number of aliphatic hydroxyl groups is 1. The monoisotopic (exact) mass is 435 g/mol. The maximum atomic E-state index is 13.3. The number of aromatic nitrogens is 1. The lowest BCUT2D eigenvalue weighted by atomic mass is 9.88. The van der Waals surface area contributed by atoms with Gasteiger partial charge in [0.2, 0.25) is 5.91 Å². The number of benzene rings is 1. The van der Waals surface area contributed by atoms with Crippen molar-refractivity contribution in [1.29, 1.82) is 0 Å². The Balaban J connectivity index is 1.57. The molecule has 6 heteroatoms. The molecule has 4 rings (SSSR count). The molecular formula is C26H33N3O3. The molecule has 1 amide bonds. The minimum atomic E-state index is -0.384. The van der Waals surface area contributed by atoms with Crippen LogP contribution in [-0.4, -0.2) is 46.2 Å². The van der Waals surface area contributed by atoms with Crippen LogP contribution < -0.4 is 10.9 Å². The molecule has 0 saturated carbocycles. The molecule has 0 radical (unpaired) electrons. The van der Waals surface area contributed by atoms with Gasteiger partial charge in [-0.2, -0.15) is 0 Å². The van der Waals surface area contributed by atoms with Gasteiger partial charge < -0.3 is 15.0 Å². The van der Waals surface area contributed by atoms with Crippen LogP contribution in [0.25, 0.3) is 6.08 Å². The Morgan fingerprint density at radius 3 is 2.69 bits per heavy atom. The molecule has 2 aliphatic heterocycles. The number of aliphatic hydroxyl groups excluding tert-OH is 1. The number of hydrogen-bond acceptors (Lipinski definition) is 4. The van der Waals surface area contributed by atoms with Gasteiger partial charge in [0, 0.05) is 42.8 Å². The third-order valence-electron chi connectivity index (χ3n) is 6.87. The Morgan fingerprint density at radius 2 is 2.00 bits per heavy atom. The van der Waals surface area contributed by atoms with Crippen LogP contribution in [0.2, 0.25) is 0 Å². The van der Waals surface area contributed by atoms with Gasteiger partial charge in [-0.05, 0) is 44.0 Å². The topological polar surface area (TPSA) is 74.6 Å². The highest BCUT2D eigenvalue weighted by Gasteiger charge is 2.55. The van der Waals surface area contributed by atoms with Gasteiger partial charge in [-0.25, -0.2) is 0 Å². The smallest absolute Gasteiger partial charge is 0.258 e. The largest absolute Gasteiger partial charge is 0.396 e. The summed E-state index contributed by atoms with van der Waals surface area (Å²) >= 11 is 0. The molecule has 1 fully saturated rings. The second kappa shape index (κ2) is 9.84. The second-order valence-corrected chi connectivity index (χ2v) is 8.79. The third kappa shape index (κ3) is 4.05. The van der Waals surface area contributed by atoms with Crippen LogP contribution in [0, 0.1) is 11.8 Å². The zero-order valence-electron chi connectivity index (χ0n) is 18.9. The molecular weight excluding hydrogens is 402 g/mol. The van der Waals surface area contributed by atoms with Gasteiger partial charge in [-0.1, -0.05) is 49.4 Å². The van der Waals surface area contributed by atoms with Crippen molar-refractivity contribution in [2.75, 3.05) is 19.7 Å². The lowest BCUT2D eigenvalue weighted by molar-refractivity contribution is -0.127. The molecule has 4 atom stereocenters. The average Bonchev–Trinajstić information content (AvgIpc) is 3.32. The van der Waals surface area contributed by atoms with Crippen LogP contribution in [0.15, 0.2) is 53.3 Å². The summed E-state index contributed by atoms with van der Waals surface area (Å²) in [5, 5.41) is 13.4. The van der Waals surface area contributed by atoms with Crippen molar-refractivity contribution in [3.63, 3.8) is 0 Å². The number of nitrogens with one attached hydrogen (secondary N) is 1. The lowest BCUT2D eigenvalue weighted by Crippen LogP contribution is -2.49. The number of fused-ring (bicyclic) bond motifs is 3. The van der Waals surface area contributed by atoms with Gasteiger partial charge in [-0.3, -0.25) is 14.5 Å². The van der Waals surface area contributed by atoms with Crippen molar-refractivity contribution >= 4 is 12.0 Å². The summed E-state index contributed by atoms with van der Waals surface area (Å²) in [6.07, 6.45) is 5.38. The molecule has 3 heterocycles. The summed E-state index contributed by atoms with van der Waals surface area (Å²) in [5.74, 6) is -0.181. The van der Waals surface area contributed by atoms with Crippen molar-refractivity contribution in [2.24, 2.45) is 11.8 Å². The Hall–Kier alpha value is -2.70. The van der Waals surface area contributed by atoms with Gasteiger partial charge >= 0.3 is 0 Å². The molecule has 0 bridgehead atoms. The molecule has 0 aliphatic carbocycles. The summed E-state index contributed by atoms with van der Waals surface area (Å²) in [6.45, 7) is 5.79. The second-order valence-electron chi connectivity index (χ2n) is 8.79. The van der Waals surface area contributed by atoms with Crippen LogP contribution in [-0.2, 0) is 17.8 Å². The molecule has 6 nitrogen and oxygen atoms in total. The minimum absolute atomic E-state index is 0.00648. The number of carbonyl (C=O) groups excluding carboxylic acids is 1. The molecule has 170 valence electrons. The SMILES string of the molecule is C/C=C/c1ccc2n(c1=O)C[C@@H]1[C@@H](CO)[C@H](C(=O)NCCc3ccccc3)N(CCC)[C@H]21. The van der Waals surface area contributed by atoms with Gasteiger partial charge in [0.15, 0.2) is 0 Å². The molecule has 0 unspecified atom stereocenters. The number of carbonyl (C=O) groups is 1. The first kappa shape index (κ1) is 22.5. The number of likely N-dealkylation sites (tertiary alicyclic amines) is 1. The fourth-order valence-corrected chi connectivity index (χ4v) is 5.53. The Labute approximate surface area is 189 Å². The Kier molecular flexibility index (Phi) is 6.92. The molecule has 32 heavy (non-hydrogen) atoms. The minimum Gasteiger partial charge on any atom is -0.396 e. The molecule has 1 aromatic carbocycles. The van der Waals surface area contributed by atoms with E-state index >= 15 is 0 Å². The number of amides is 1. The summed E-state index contributed by atoms with van der Waals surface area (Å²) in [6, 6.07) is 13.6. The summed E-state index contributed by atoms with van der Waals surface area (Å²) in [7, 11) is 0. The van der Waals surface area contributed by atoms with Crippen molar-refractivity contribution in [1.82, 2.24) is 14.8 Å². The molecule has 2 aromatic rings. The Morgan fingerprint density at radius 1 is 1.22 bits per heavy atom. The molecule has 2 aliphatic rings. The summed E-state index contributed by atoms with van der Waals surface area (Å²) in [4.78, 5) is 28.5. The number of pyridine rings is 1.